The molecule has 0 aromatic heterocycles. The van der Waals surface area contributed by atoms with Crippen LogP contribution in [-0.2, 0) is 20.7 Å². The molecule has 1 aliphatic rings. The third-order valence-electron chi connectivity index (χ3n) is 2.99. The van der Waals surface area contributed by atoms with Crippen LogP contribution in [0.25, 0.3) is 0 Å². The van der Waals surface area contributed by atoms with Crippen molar-refractivity contribution in [3.8, 4) is 0 Å². The molecule has 18 heavy (non-hydrogen) atoms. The zero-order valence-electron chi connectivity index (χ0n) is 10.2. The largest absolute Gasteiger partial charge is 0.479 e. The second kappa shape index (κ2) is 6.52. The van der Waals surface area contributed by atoms with Crippen molar-refractivity contribution in [1.29, 1.82) is 0 Å². The number of aliphatic carboxylic acids is 1. The quantitative estimate of drug-likeness (QED) is 0.870. The minimum absolute atomic E-state index is 0.371. The Hall–Kier alpha value is -1.39. The van der Waals surface area contributed by atoms with E-state index in [2.05, 4.69) is 0 Å². The minimum Gasteiger partial charge on any atom is -0.479 e. The van der Waals surface area contributed by atoms with Crippen molar-refractivity contribution >= 4 is 5.97 Å². The molecule has 0 bridgehead atoms. The molecule has 1 saturated heterocycles. The Morgan fingerprint density at radius 2 is 2.17 bits per heavy atom. The molecule has 4 heteroatoms. The van der Waals surface area contributed by atoms with Gasteiger partial charge < -0.3 is 14.6 Å². The van der Waals surface area contributed by atoms with Crippen LogP contribution >= 0.6 is 0 Å². The van der Waals surface area contributed by atoms with E-state index >= 15 is 0 Å². The Morgan fingerprint density at radius 1 is 1.39 bits per heavy atom. The van der Waals surface area contributed by atoms with Gasteiger partial charge in [-0.15, -0.1) is 0 Å². The van der Waals surface area contributed by atoms with Gasteiger partial charge in [-0.25, -0.2) is 4.79 Å². The Bertz CT molecular complexity index is 371. The van der Waals surface area contributed by atoms with Crippen molar-refractivity contribution in [2.75, 3.05) is 6.61 Å². The fourth-order valence-electron chi connectivity index (χ4n) is 2.02. The van der Waals surface area contributed by atoms with Crippen LogP contribution < -0.4 is 0 Å². The number of benzene rings is 1. The number of hydrogen-bond donors (Lipinski definition) is 1. The lowest BCUT2D eigenvalue weighted by Gasteiger charge is -2.26. The number of hydrogen-bond acceptors (Lipinski definition) is 3. The monoisotopic (exact) mass is 250 g/mol. The molecular formula is C14H18O4. The van der Waals surface area contributed by atoms with Crippen molar-refractivity contribution in [3.05, 3.63) is 35.9 Å². The van der Waals surface area contributed by atoms with E-state index in [1.54, 1.807) is 0 Å². The van der Waals surface area contributed by atoms with Gasteiger partial charge >= 0.3 is 5.97 Å². The zero-order chi connectivity index (χ0) is 12.8. The molecule has 1 aliphatic heterocycles. The van der Waals surface area contributed by atoms with Gasteiger partial charge in [0.2, 0.25) is 0 Å². The molecule has 2 atom stereocenters. The summed E-state index contributed by atoms with van der Waals surface area (Å²) in [6.45, 7) is 0.655. The van der Waals surface area contributed by atoms with Crippen LogP contribution in [0.5, 0.6) is 0 Å². The van der Waals surface area contributed by atoms with E-state index in [0.717, 1.165) is 24.8 Å². The molecule has 0 saturated carbocycles. The topological polar surface area (TPSA) is 55.8 Å². The molecule has 1 aromatic carbocycles. The first-order valence-electron chi connectivity index (χ1n) is 6.29. The maximum Gasteiger partial charge on any atom is 0.333 e. The maximum atomic E-state index is 11.2. The van der Waals surface area contributed by atoms with Gasteiger partial charge in [0.25, 0.3) is 0 Å². The molecule has 1 unspecified atom stereocenters. The van der Waals surface area contributed by atoms with E-state index in [0.29, 0.717) is 13.0 Å². The summed E-state index contributed by atoms with van der Waals surface area (Å²) in [6.07, 6.45) is 1.99. The predicted molar refractivity (Wildman–Crippen MR) is 66.2 cm³/mol. The fraction of sp³-hybridized carbons (Fsp3) is 0.500. The Balaban J connectivity index is 1.93. The molecule has 1 N–H and O–H groups in total. The first kappa shape index (κ1) is 13.1. The second-order valence-electron chi connectivity index (χ2n) is 4.45. The Labute approximate surface area is 107 Å². The van der Waals surface area contributed by atoms with E-state index in [4.69, 9.17) is 9.47 Å². The van der Waals surface area contributed by atoms with E-state index in [9.17, 15) is 9.90 Å². The van der Waals surface area contributed by atoms with Crippen LogP contribution in [-0.4, -0.2) is 30.1 Å². The summed E-state index contributed by atoms with van der Waals surface area (Å²) in [7, 11) is 0. The molecule has 1 fully saturated rings. The van der Waals surface area contributed by atoms with E-state index in [1.165, 1.54) is 0 Å². The molecule has 0 radical (unpaired) electrons. The lowest BCUT2D eigenvalue weighted by molar-refractivity contribution is -0.200. The van der Waals surface area contributed by atoms with Crippen LogP contribution in [0.15, 0.2) is 30.3 Å². The van der Waals surface area contributed by atoms with Crippen molar-refractivity contribution in [3.63, 3.8) is 0 Å². The SMILES string of the molecule is O=C(O)[C@H](Cc1ccccc1)OC1CCCCO1. The predicted octanol–water partition coefficient (Wildman–Crippen LogP) is 2.23. The average molecular weight is 250 g/mol. The number of ether oxygens (including phenoxy) is 2. The second-order valence-corrected chi connectivity index (χ2v) is 4.45. The van der Waals surface area contributed by atoms with Gasteiger partial charge in [-0.05, 0) is 24.8 Å². The number of carboxylic acids is 1. The molecule has 0 aliphatic carbocycles. The molecular weight excluding hydrogens is 232 g/mol. The van der Waals surface area contributed by atoms with Gasteiger partial charge in [-0.2, -0.15) is 0 Å². The van der Waals surface area contributed by atoms with Crippen LogP contribution in [0, 0.1) is 0 Å². The Morgan fingerprint density at radius 3 is 2.78 bits per heavy atom. The highest BCUT2D eigenvalue weighted by atomic mass is 16.7. The maximum absolute atomic E-state index is 11.2. The highest BCUT2D eigenvalue weighted by molar-refractivity contribution is 5.72. The van der Waals surface area contributed by atoms with E-state index in [1.807, 2.05) is 30.3 Å². The molecule has 0 spiro atoms. The lowest BCUT2D eigenvalue weighted by atomic mass is 10.1. The zero-order valence-corrected chi connectivity index (χ0v) is 10.2. The lowest BCUT2D eigenvalue weighted by Crippen LogP contribution is -2.34. The molecule has 1 aromatic rings. The van der Waals surface area contributed by atoms with E-state index in [-0.39, 0.29) is 6.29 Å². The van der Waals surface area contributed by atoms with Crippen molar-refractivity contribution < 1.29 is 19.4 Å². The summed E-state index contributed by atoms with van der Waals surface area (Å²) in [4.78, 5) is 11.2. The summed E-state index contributed by atoms with van der Waals surface area (Å²) in [5.41, 5.74) is 0.959. The van der Waals surface area contributed by atoms with Crippen molar-refractivity contribution in [2.45, 2.75) is 38.1 Å². The first-order chi connectivity index (χ1) is 8.75. The summed E-state index contributed by atoms with van der Waals surface area (Å²) < 4.78 is 10.9. The standard InChI is InChI=1S/C14H18O4/c15-14(16)12(10-11-6-2-1-3-7-11)18-13-8-4-5-9-17-13/h1-3,6-7,12-13H,4-5,8-10H2,(H,15,16)/t12-,13?/m0/s1. The number of rotatable bonds is 5. The fourth-order valence-corrected chi connectivity index (χ4v) is 2.02. The average Bonchev–Trinajstić information content (AvgIpc) is 2.40. The Kier molecular flexibility index (Phi) is 4.73. The minimum atomic E-state index is -0.937. The van der Waals surface area contributed by atoms with Gasteiger partial charge in [0.1, 0.15) is 0 Å². The summed E-state index contributed by atoms with van der Waals surface area (Å²) in [6, 6.07) is 9.50. The van der Waals surface area contributed by atoms with Gasteiger partial charge in [0.05, 0.1) is 0 Å². The van der Waals surface area contributed by atoms with Crippen LogP contribution in [0.2, 0.25) is 0 Å². The smallest absolute Gasteiger partial charge is 0.333 e. The summed E-state index contributed by atoms with van der Waals surface area (Å²) >= 11 is 0. The van der Waals surface area contributed by atoms with E-state index < -0.39 is 12.1 Å². The van der Waals surface area contributed by atoms with Crippen molar-refractivity contribution in [2.24, 2.45) is 0 Å². The molecule has 98 valence electrons. The molecule has 1 heterocycles. The molecule has 2 rings (SSSR count). The van der Waals surface area contributed by atoms with Crippen LogP contribution in [0.3, 0.4) is 0 Å². The summed E-state index contributed by atoms with van der Waals surface area (Å²) in [5, 5.41) is 9.18. The number of carbonyl (C=O) groups is 1. The third kappa shape index (κ3) is 3.82. The van der Waals surface area contributed by atoms with Gasteiger partial charge in [0, 0.05) is 13.0 Å². The van der Waals surface area contributed by atoms with Crippen LogP contribution in [0.1, 0.15) is 24.8 Å². The third-order valence-corrected chi connectivity index (χ3v) is 2.99. The first-order valence-corrected chi connectivity index (χ1v) is 6.29. The van der Waals surface area contributed by atoms with Gasteiger partial charge in [-0.1, -0.05) is 30.3 Å². The van der Waals surface area contributed by atoms with Crippen LogP contribution in [0.4, 0.5) is 0 Å². The van der Waals surface area contributed by atoms with Crippen molar-refractivity contribution in [1.82, 2.24) is 0 Å². The summed E-state index contributed by atoms with van der Waals surface area (Å²) in [5.74, 6) is -0.937. The molecule has 0 amide bonds. The van der Waals surface area contributed by atoms with Gasteiger partial charge in [0.15, 0.2) is 12.4 Å². The highest BCUT2D eigenvalue weighted by Gasteiger charge is 2.25. The number of carboxylic acid groups (broad SMARTS) is 1. The normalized spacial score (nSPS) is 21.4. The highest BCUT2D eigenvalue weighted by Crippen LogP contribution is 2.17. The molecule has 4 nitrogen and oxygen atoms in total. The van der Waals surface area contributed by atoms with Gasteiger partial charge in [-0.3, -0.25) is 0 Å².